The van der Waals surface area contributed by atoms with Gasteiger partial charge >= 0.3 is 0 Å². The highest BCUT2D eigenvalue weighted by molar-refractivity contribution is 5.80. The average Bonchev–Trinajstić information content (AvgIpc) is 2.35. The summed E-state index contributed by atoms with van der Waals surface area (Å²) in [5.41, 5.74) is 5.65. The lowest BCUT2D eigenvalue weighted by Gasteiger charge is -2.03. The molecule has 2 N–H and O–H groups in total. The molecule has 64 valence electrons. The number of nitrogens with two attached hydrogens (primary N) is 1. The Morgan fingerprint density at radius 2 is 2.27 bits per heavy atom. The van der Waals surface area contributed by atoms with E-state index < -0.39 is 0 Å². The van der Waals surface area contributed by atoms with Crippen molar-refractivity contribution in [2.75, 3.05) is 0 Å². The van der Waals surface area contributed by atoms with E-state index >= 15 is 0 Å². The SMILES string of the molecule is CCC(N)=NC1CCC(C)C1. The molecular weight excluding hydrogens is 136 g/mol. The lowest BCUT2D eigenvalue weighted by Crippen LogP contribution is -2.13. The second-order valence-corrected chi connectivity index (χ2v) is 3.55. The van der Waals surface area contributed by atoms with Crippen molar-refractivity contribution in [1.29, 1.82) is 0 Å². The van der Waals surface area contributed by atoms with Crippen LogP contribution in [0.15, 0.2) is 4.99 Å². The van der Waals surface area contributed by atoms with Crippen LogP contribution in [0, 0.1) is 5.92 Å². The summed E-state index contributed by atoms with van der Waals surface area (Å²) < 4.78 is 0. The molecule has 0 saturated heterocycles. The average molecular weight is 154 g/mol. The molecule has 2 heteroatoms. The minimum absolute atomic E-state index is 0.532. The molecule has 0 aromatic heterocycles. The van der Waals surface area contributed by atoms with Crippen molar-refractivity contribution in [3.05, 3.63) is 0 Å². The van der Waals surface area contributed by atoms with Gasteiger partial charge in [0.25, 0.3) is 0 Å². The topological polar surface area (TPSA) is 38.4 Å². The summed E-state index contributed by atoms with van der Waals surface area (Å²) in [6, 6.07) is 0.532. The number of aliphatic imine (C=N–C) groups is 1. The lowest BCUT2D eigenvalue weighted by atomic mass is 10.1. The normalized spacial score (nSPS) is 32.7. The van der Waals surface area contributed by atoms with Crippen LogP contribution in [0.1, 0.15) is 39.5 Å². The van der Waals surface area contributed by atoms with Gasteiger partial charge in [0.05, 0.1) is 11.9 Å². The van der Waals surface area contributed by atoms with Gasteiger partial charge < -0.3 is 5.73 Å². The highest BCUT2D eigenvalue weighted by Gasteiger charge is 2.20. The zero-order valence-corrected chi connectivity index (χ0v) is 7.51. The van der Waals surface area contributed by atoms with E-state index in [1.54, 1.807) is 0 Å². The van der Waals surface area contributed by atoms with E-state index in [4.69, 9.17) is 5.73 Å². The second-order valence-electron chi connectivity index (χ2n) is 3.55. The monoisotopic (exact) mass is 154 g/mol. The molecule has 0 aromatic carbocycles. The van der Waals surface area contributed by atoms with Crippen molar-refractivity contribution in [3.63, 3.8) is 0 Å². The number of hydrogen-bond donors (Lipinski definition) is 1. The van der Waals surface area contributed by atoms with Gasteiger partial charge in [-0.15, -0.1) is 0 Å². The van der Waals surface area contributed by atoms with Gasteiger partial charge in [0, 0.05) is 6.42 Å². The Morgan fingerprint density at radius 3 is 2.73 bits per heavy atom. The van der Waals surface area contributed by atoms with Crippen molar-refractivity contribution in [2.45, 2.75) is 45.6 Å². The van der Waals surface area contributed by atoms with Crippen LogP contribution in [0.5, 0.6) is 0 Å². The largest absolute Gasteiger partial charge is 0.387 e. The van der Waals surface area contributed by atoms with E-state index in [-0.39, 0.29) is 0 Å². The number of hydrogen-bond acceptors (Lipinski definition) is 1. The standard InChI is InChI=1S/C9H18N2/c1-3-9(10)11-8-5-4-7(2)6-8/h7-8H,3-6H2,1-2H3,(H2,10,11). The Labute approximate surface area is 68.9 Å². The van der Waals surface area contributed by atoms with Crippen LogP contribution in [0.3, 0.4) is 0 Å². The van der Waals surface area contributed by atoms with Crippen molar-refractivity contribution in [3.8, 4) is 0 Å². The molecule has 1 rings (SSSR count). The van der Waals surface area contributed by atoms with Crippen molar-refractivity contribution in [1.82, 2.24) is 0 Å². The summed E-state index contributed by atoms with van der Waals surface area (Å²) in [5, 5.41) is 0. The molecule has 0 aromatic rings. The van der Waals surface area contributed by atoms with Crippen LogP contribution in [0.2, 0.25) is 0 Å². The summed E-state index contributed by atoms with van der Waals surface area (Å²) in [6.45, 7) is 4.34. The molecule has 1 aliphatic carbocycles. The van der Waals surface area contributed by atoms with E-state index in [9.17, 15) is 0 Å². The summed E-state index contributed by atoms with van der Waals surface area (Å²) in [4.78, 5) is 4.44. The molecule has 0 heterocycles. The molecular formula is C9H18N2. The first kappa shape index (κ1) is 8.57. The summed E-state index contributed by atoms with van der Waals surface area (Å²) in [6.07, 6.45) is 4.69. The maximum Gasteiger partial charge on any atom is 0.0937 e. The molecule has 2 nitrogen and oxygen atoms in total. The van der Waals surface area contributed by atoms with Crippen molar-refractivity contribution in [2.24, 2.45) is 16.6 Å². The van der Waals surface area contributed by atoms with Gasteiger partial charge in [-0.05, 0) is 25.2 Å². The zero-order chi connectivity index (χ0) is 8.27. The fraction of sp³-hybridized carbons (Fsp3) is 0.889. The Kier molecular flexibility index (Phi) is 2.92. The highest BCUT2D eigenvalue weighted by atomic mass is 14.9. The van der Waals surface area contributed by atoms with Crippen molar-refractivity contribution < 1.29 is 0 Å². The quantitative estimate of drug-likeness (QED) is 0.479. The van der Waals surface area contributed by atoms with Crippen LogP contribution in [-0.2, 0) is 0 Å². The molecule has 0 amide bonds. The van der Waals surface area contributed by atoms with Crippen LogP contribution < -0.4 is 5.73 Å². The molecule has 1 fully saturated rings. The smallest absolute Gasteiger partial charge is 0.0937 e. The minimum atomic E-state index is 0.532. The molecule has 2 unspecified atom stereocenters. The van der Waals surface area contributed by atoms with E-state index in [0.29, 0.717) is 6.04 Å². The third kappa shape index (κ3) is 2.52. The maximum absolute atomic E-state index is 5.65. The first-order valence-electron chi connectivity index (χ1n) is 4.54. The first-order chi connectivity index (χ1) is 5.22. The van der Waals surface area contributed by atoms with Crippen LogP contribution in [0.4, 0.5) is 0 Å². The predicted molar refractivity (Wildman–Crippen MR) is 48.7 cm³/mol. The van der Waals surface area contributed by atoms with E-state index in [1.165, 1.54) is 19.3 Å². The first-order valence-corrected chi connectivity index (χ1v) is 4.54. The molecule has 0 radical (unpaired) electrons. The van der Waals surface area contributed by atoms with Crippen LogP contribution in [-0.4, -0.2) is 11.9 Å². The summed E-state index contributed by atoms with van der Waals surface area (Å²) in [5.74, 6) is 1.68. The molecule has 1 aliphatic rings. The van der Waals surface area contributed by atoms with E-state index in [0.717, 1.165) is 18.2 Å². The van der Waals surface area contributed by atoms with E-state index in [2.05, 4.69) is 18.8 Å². The van der Waals surface area contributed by atoms with Gasteiger partial charge in [-0.1, -0.05) is 13.8 Å². The molecule has 2 atom stereocenters. The lowest BCUT2D eigenvalue weighted by molar-refractivity contribution is 0.594. The minimum Gasteiger partial charge on any atom is -0.387 e. The second kappa shape index (κ2) is 3.74. The number of nitrogens with zero attached hydrogens (tertiary/aromatic N) is 1. The maximum atomic E-state index is 5.65. The van der Waals surface area contributed by atoms with E-state index in [1.807, 2.05) is 0 Å². The van der Waals surface area contributed by atoms with Gasteiger partial charge in [0.2, 0.25) is 0 Å². The Bertz CT molecular complexity index is 152. The van der Waals surface area contributed by atoms with Gasteiger partial charge in [0.15, 0.2) is 0 Å². The fourth-order valence-corrected chi connectivity index (χ4v) is 1.62. The van der Waals surface area contributed by atoms with Gasteiger partial charge in [-0.25, -0.2) is 0 Å². The Hall–Kier alpha value is -0.530. The summed E-state index contributed by atoms with van der Waals surface area (Å²) >= 11 is 0. The third-order valence-corrected chi connectivity index (χ3v) is 2.38. The molecule has 0 bridgehead atoms. The van der Waals surface area contributed by atoms with Crippen LogP contribution in [0.25, 0.3) is 0 Å². The molecule has 0 aliphatic heterocycles. The third-order valence-electron chi connectivity index (χ3n) is 2.38. The zero-order valence-electron chi connectivity index (χ0n) is 7.51. The molecule has 0 spiro atoms. The molecule has 1 saturated carbocycles. The van der Waals surface area contributed by atoms with Gasteiger partial charge in [-0.2, -0.15) is 0 Å². The highest BCUT2D eigenvalue weighted by Crippen LogP contribution is 2.26. The summed E-state index contributed by atoms with van der Waals surface area (Å²) in [7, 11) is 0. The van der Waals surface area contributed by atoms with Crippen molar-refractivity contribution >= 4 is 5.84 Å². The van der Waals surface area contributed by atoms with Gasteiger partial charge in [0.1, 0.15) is 0 Å². The van der Waals surface area contributed by atoms with Gasteiger partial charge in [-0.3, -0.25) is 4.99 Å². The fourth-order valence-electron chi connectivity index (χ4n) is 1.62. The Morgan fingerprint density at radius 1 is 1.55 bits per heavy atom. The number of rotatable bonds is 2. The predicted octanol–water partition coefficient (Wildman–Crippen LogP) is 1.94. The molecule has 11 heavy (non-hydrogen) atoms. The number of amidine groups is 1. The van der Waals surface area contributed by atoms with Crippen LogP contribution >= 0.6 is 0 Å². The Balaban J connectivity index is 2.38.